The van der Waals surface area contributed by atoms with Gasteiger partial charge in [0, 0.05) is 64.1 Å². The maximum atomic E-state index is 13.8. The van der Waals surface area contributed by atoms with Crippen molar-refractivity contribution >= 4 is 39.1 Å². The van der Waals surface area contributed by atoms with Gasteiger partial charge in [-0.3, -0.25) is 14.4 Å². The van der Waals surface area contributed by atoms with E-state index in [2.05, 4.69) is 53.8 Å². The number of nitrogens with one attached hydrogen (secondary N) is 1. The largest absolute Gasteiger partial charge is 0.483 e. The summed E-state index contributed by atoms with van der Waals surface area (Å²) in [6.45, 7) is 8.29. The van der Waals surface area contributed by atoms with Gasteiger partial charge in [-0.25, -0.2) is 0 Å². The smallest absolute Gasteiger partial charge is 0.262 e. The van der Waals surface area contributed by atoms with Crippen LogP contribution in [-0.4, -0.2) is 36.0 Å². The zero-order chi connectivity index (χ0) is 28.1. The predicted octanol–water partition coefficient (Wildman–Crippen LogP) is 6.78. The summed E-state index contributed by atoms with van der Waals surface area (Å²) < 4.78 is 6.92. The number of hydrogen-bond acceptors (Lipinski definition) is 5. The Balaban J connectivity index is 1.59. The van der Waals surface area contributed by atoms with Crippen LogP contribution in [0.2, 0.25) is 0 Å². The molecule has 7 heteroatoms. The van der Waals surface area contributed by atoms with Crippen molar-refractivity contribution in [3.05, 3.63) is 81.1 Å². The maximum absolute atomic E-state index is 13.8. The molecule has 2 aromatic carbocycles. The van der Waals surface area contributed by atoms with Crippen LogP contribution in [0.4, 0.5) is 5.69 Å². The molecule has 3 aliphatic rings. The number of benzene rings is 2. The minimum atomic E-state index is -0.539. The number of nitrogens with zero attached hydrogens (tertiary/aromatic N) is 1. The highest BCUT2D eigenvalue weighted by Crippen LogP contribution is 2.55. The summed E-state index contributed by atoms with van der Waals surface area (Å²) in [4.78, 5) is 42.4. The van der Waals surface area contributed by atoms with Crippen LogP contribution in [0.15, 0.2) is 75.5 Å². The van der Waals surface area contributed by atoms with Crippen LogP contribution < -0.4 is 10.1 Å². The number of ether oxygens (including phenoxy) is 1. The third kappa shape index (κ3) is 5.46. The lowest BCUT2D eigenvalue weighted by Gasteiger charge is -2.48. The van der Waals surface area contributed by atoms with E-state index in [0.29, 0.717) is 35.4 Å². The number of carbonyl (C=O) groups is 3. The van der Waals surface area contributed by atoms with Crippen molar-refractivity contribution in [2.75, 3.05) is 19.0 Å². The first-order chi connectivity index (χ1) is 18.3. The van der Waals surface area contributed by atoms with E-state index >= 15 is 0 Å². The molecule has 2 aromatic rings. The molecule has 204 valence electrons. The first-order valence-corrected chi connectivity index (χ1v) is 14.2. The van der Waals surface area contributed by atoms with Crippen LogP contribution in [0.25, 0.3) is 0 Å². The number of amides is 1. The number of carbonyl (C=O) groups excluding carboxylic acids is 3. The fourth-order valence-electron chi connectivity index (χ4n) is 6.21. The van der Waals surface area contributed by atoms with E-state index in [1.165, 1.54) is 0 Å². The van der Waals surface area contributed by atoms with Crippen molar-refractivity contribution in [3.8, 4) is 5.75 Å². The number of rotatable bonds is 5. The van der Waals surface area contributed by atoms with Gasteiger partial charge in [0.1, 0.15) is 5.75 Å². The van der Waals surface area contributed by atoms with Gasteiger partial charge in [0.2, 0.25) is 0 Å². The standard InChI is InChI=1S/C32H35BrN2O4/c1-31(2)14-22-29(24(36)16-31)28(30-23(35(22)5)15-32(3,4)17-25(30)37)21-13-19(33)11-12-26(21)39-18-27(38)34-20-9-7-6-8-10-20/h6-13,28H,14-18H2,1-5H3,(H,34,38). The number of allylic oxidation sites excluding steroid dienone is 4. The molecule has 1 amide bonds. The second-order valence-corrected chi connectivity index (χ2v) is 13.4. The second-order valence-electron chi connectivity index (χ2n) is 12.5. The third-order valence-electron chi connectivity index (χ3n) is 7.88. The molecule has 0 radical (unpaired) electrons. The van der Waals surface area contributed by atoms with E-state index in [9.17, 15) is 14.4 Å². The van der Waals surface area contributed by atoms with Crippen LogP contribution in [0, 0.1) is 10.8 Å². The van der Waals surface area contributed by atoms with E-state index in [1.54, 1.807) is 0 Å². The average Bonchev–Trinajstić information content (AvgIpc) is 2.84. The molecule has 0 saturated carbocycles. The monoisotopic (exact) mass is 590 g/mol. The van der Waals surface area contributed by atoms with Crippen LogP contribution in [0.1, 0.15) is 64.9 Å². The van der Waals surface area contributed by atoms with Crippen molar-refractivity contribution in [2.24, 2.45) is 10.8 Å². The summed E-state index contributed by atoms with van der Waals surface area (Å²) in [5.41, 5.74) is 4.40. The zero-order valence-corrected chi connectivity index (χ0v) is 24.8. The Hall–Kier alpha value is -3.19. The van der Waals surface area contributed by atoms with Gasteiger partial charge in [-0.1, -0.05) is 61.8 Å². The highest BCUT2D eigenvalue weighted by Gasteiger charge is 2.48. The topological polar surface area (TPSA) is 75.7 Å². The summed E-state index contributed by atoms with van der Waals surface area (Å²) in [6, 6.07) is 14.8. The molecule has 0 fully saturated rings. The molecule has 1 N–H and O–H groups in total. The fourth-order valence-corrected chi connectivity index (χ4v) is 6.59. The lowest BCUT2D eigenvalue weighted by Crippen LogP contribution is -2.43. The van der Waals surface area contributed by atoms with E-state index < -0.39 is 5.92 Å². The number of hydrogen-bond donors (Lipinski definition) is 1. The molecule has 2 aliphatic carbocycles. The number of Topliss-reactive ketones (excluding diaryl/α,β-unsaturated/α-hetero) is 2. The summed E-state index contributed by atoms with van der Waals surface area (Å²) in [5.74, 6) is -0.206. The Morgan fingerprint density at radius 2 is 1.49 bits per heavy atom. The van der Waals surface area contributed by atoms with E-state index in [-0.39, 0.29) is 34.9 Å². The molecule has 5 rings (SSSR count). The average molecular weight is 592 g/mol. The fraction of sp³-hybridized carbons (Fsp3) is 0.406. The highest BCUT2D eigenvalue weighted by atomic mass is 79.9. The Labute approximate surface area is 238 Å². The Bertz CT molecular complexity index is 1370. The number of halogens is 1. The minimum absolute atomic E-state index is 0.0648. The van der Waals surface area contributed by atoms with Crippen molar-refractivity contribution in [2.45, 2.75) is 59.3 Å². The molecule has 0 atom stereocenters. The van der Waals surface area contributed by atoms with Crippen molar-refractivity contribution < 1.29 is 19.1 Å². The minimum Gasteiger partial charge on any atom is -0.483 e. The lowest BCUT2D eigenvalue weighted by molar-refractivity contribution is -0.120. The third-order valence-corrected chi connectivity index (χ3v) is 8.37. The second kappa shape index (κ2) is 10.1. The molecule has 39 heavy (non-hydrogen) atoms. The van der Waals surface area contributed by atoms with Crippen molar-refractivity contribution in [1.29, 1.82) is 0 Å². The molecule has 0 spiro atoms. The first-order valence-electron chi connectivity index (χ1n) is 13.4. The maximum Gasteiger partial charge on any atom is 0.262 e. The first kappa shape index (κ1) is 27.4. The summed E-state index contributed by atoms with van der Waals surface area (Å²) in [6.07, 6.45) is 2.33. The number of ketones is 2. The molecule has 0 bridgehead atoms. The molecular formula is C32H35BrN2O4. The molecule has 0 unspecified atom stereocenters. The number of para-hydroxylation sites is 1. The molecule has 1 aliphatic heterocycles. The normalized spacial score (nSPS) is 20.5. The van der Waals surface area contributed by atoms with Gasteiger partial charge in [0.25, 0.3) is 5.91 Å². The van der Waals surface area contributed by atoms with Crippen LogP contribution in [-0.2, 0) is 14.4 Å². The van der Waals surface area contributed by atoms with Gasteiger partial charge in [-0.2, -0.15) is 0 Å². The SMILES string of the molecule is CN1C2=C(C(=O)CC(C)(C)C2)C(c2cc(Br)ccc2OCC(=O)Nc2ccccc2)C2=C1CC(C)(C)CC2=O. The molecule has 6 nitrogen and oxygen atoms in total. The number of anilines is 1. The summed E-state index contributed by atoms with van der Waals surface area (Å²) >= 11 is 3.59. The molecule has 0 saturated heterocycles. The Morgan fingerprint density at radius 1 is 0.923 bits per heavy atom. The Morgan fingerprint density at radius 3 is 2.05 bits per heavy atom. The quantitative estimate of drug-likeness (QED) is 0.415. The predicted molar refractivity (Wildman–Crippen MR) is 155 cm³/mol. The van der Waals surface area contributed by atoms with Gasteiger partial charge in [-0.05, 0) is 54.0 Å². The van der Waals surface area contributed by atoms with Gasteiger partial charge in [0.05, 0.1) is 0 Å². The van der Waals surface area contributed by atoms with Crippen molar-refractivity contribution in [3.63, 3.8) is 0 Å². The van der Waals surface area contributed by atoms with Crippen LogP contribution in [0.5, 0.6) is 5.75 Å². The van der Waals surface area contributed by atoms with Gasteiger partial charge < -0.3 is 15.0 Å². The summed E-state index contributed by atoms with van der Waals surface area (Å²) in [7, 11) is 2.00. The Kier molecular flexibility index (Phi) is 7.08. The molecule has 0 aromatic heterocycles. The summed E-state index contributed by atoms with van der Waals surface area (Å²) in [5, 5.41) is 2.84. The highest BCUT2D eigenvalue weighted by molar-refractivity contribution is 9.10. The van der Waals surface area contributed by atoms with Gasteiger partial charge in [0.15, 0.2) is 18.2 Å². The molecule has 1 heterocycles. The van der Waals surface area contributed by atoms with E-state index in [1.807, 2.05) is 55.6 Å². The molecular weight excluding hydrogens is 556 g/mol. The van der Waals surface area contributed by atoms with Crippen LogP contribution in [0.3, 0.4) is 0 Å². The van der Waals surface area contributed by atoms with Gasteiger partial charge >= 0.3 is 0 Å². The lowest BCUT2D eigenvalue weighted by atomic mass is 9.63. The van der Waals surface area contributed by atoms with E-state index in [4.69, 9.17) is 4.74 Å². The zero-order valence-electron chi connectivity index (χ0n) is 23.2. The van der Waals surface area contributed by atoms with Crippen molar-refractivity contribution in [1.82, 2.24) is 4.90 Å². The van der Waals surface area contributed by atoms with E-state index in [0.717, 1.165) is 34.3 Å². The van der Waals surface area contributed by atoms with Crippen LogP contribution >= 0.6 is 15.9 Å². The van der Waals surface area contributed by atoms with Gasteiger partial charge in [-0.15, -0.1) is 0 Å².